The summed E-state index contributed by atoms with van der Waals surface area (Å²) in [6, 6.07) is 7.06. The molecule has 0 aromatic heterocycles. The summed E-state index contributed by atoms with van der Waals surface area (Å²) in [5.74, 6) is 1.86. The second-order valence-electron chi connectivity index (χ2n) is 7.74. The van der Waals surface area contributed by atoms with Crippen molar-refractivity contribution in [3.05, 3.63) is 23.8 Å². The number of aryl methyl sites for hydroxylation is 1. The van der Waals surface area contributed by atoms with E-state index in [2.05, 4.69) is 51.2 Å². The van der Waals surface area contributed by atoms with Crippen molar-refractivity contribution >= 4 is 5.69 Å². The Morgan fingerprint density at radius 2 is 2.05 bits per heavy atom. The molecular formula is C19H29NO. The fourth-order valence-corrected chi connectivity index (χ4v) is 4.63. The molecule has 1 aromatic rings. The molecule has 0 amide bonds. The quantitative estimate of drug-likeness (QED) is 0.839. The van der Waals surface area contributed by atoms with E-state index < -0.39 is 0 Å². The lowest BCUT2D eigenvalue weighted by atomic mass is 9.69. The van der Waals surface area contributed by atoms with Gasteiger partial charge in [-0.25, -0.2) is 0 Å². The predicted octanol–water partition coefficient (Wildman–Crippen LogP) is 5.02. The predicted molar refractivity (Wildman–Crippen MR) is 89.0 cm³/mol. The van der Waals surface area contributed by atoms with Crippen molar-refractivity contribution in [1.29, 1.82) is 0 Å². The van der Waals surface area contributed by atoms with E-state index in [1.54, 1.807) is 0 Å². The first-order chi connectivity index (χ1) is 9.88. The second kappa shape index (κ2) is 4.93. The van der Waals surface area contributed by atoms with E-state index in [0.29, 0.717) is 23.5 Å². The molecule has 0 aliphatic heterocycles. The molecule has 2 saturated carbocycles. The molecular weight excluding hydrogens is 258 g/mol. The molecule has 1 N–H and O–H groups in total. The van der Waals surface area contributed by atoms with Gasteiger partial charge in [-0.2, -0.15) is 0 Å². The Labute approximate surface area is 129 Å². The molecule has 3 atom stereocenters. The minimum absolute atomic E-state index is 0.395. The maximum atomic E-state index is 5.83. The molecule has 3 rings (SSSR count). The van der Waals surface area contributed by atoms with Crippen molar-refractivity contribution < 1.29 is 4.74 Å². The number of nitrogens with one attached hydrogen (secondary N) is 1. The van der Waals surface area contributed by atoms with Gasteiger partial charge in [-0.3, -0.25) is 0 Å². The summed E-state index contributed by atoms with van der Waals surface area (Å²) in [5, 5.41) is 3.82. The van der Waals surface area contributed by atoms with Crippen LogP contribution in [0.4, 0.5) is 5.69 Å². The Morgan fingerprint density at radius 1 is 1.29 bits per heavy atom. The highest BCUT2D eigenvalue weighted by Gasteiger charge is 2.61. The van der Waals surface area contributed by atoms with Crippen molar-refractivity contribution in [2.24, 2.45) is 16.7 Å². The van der Waals surface area contributed by atoms with Crippen molar-refractivity contribution in [2.45, 2.75) is 59.9 Å². The number of anilines is 1. The van der Waals surface area contributed by atoms with Crippen LogP contribution in [0, 0.1) is 23.7 Å². The lowest BCUT2D eigenvalue weighted by Crippen LogP contribution is -2.40. The van der Waals surface area contributed by atoms with Crippen LogP contribution >= 0.6 is 0 Å². The van der Waals surface area contributed by atoms with Crippen LogP contribution in [0.15, 0.2) is 18.2 Å². The topological polar surface area (TPSA) is 21.3 Å². The summed E-state index contributed by atoms with van der Waals surface area (Å²) in [4.78, 5) is 0. The van der Waals surface area contributed by atoms with Crippen LogP contribution in [0.3, 0.4) is 0 Å². The van der Waals surface area contributed by atoms with E-state index in [4.69, 9.17) is 4.74 Å². The summed E-state index contributed by atoms with van der Waals surface area (Å²) in [6.45, 7) is 12.3. The maximum absolute atomic E-state index is 5.83. The van der Waals surface area contributed by atoms with Crippen molar-refractivity contribution in [2.75, 3.05) is 11.9 Å². The van der Waals surface area contributed by atoms with Gasteiger partial charge in [0.15, 0.2) is 0 Å². The lowest BCUT2D eigenvalue weighted by Gasteiger charge is -2.40. The van der Waals surface area contributed by atoms with Crippen LogP contribution in [0.2, 0.25) is 0 Å². The van der Waals surface area contributed by atoms with E-state index in [1.807, 2.05) is 6.92 Å². The van der Waals surface area contributed by atoms with Crippen LogP contribution in [0.25, 0.3) is 0 Å². The number of ether oxygens (including phenoxy) is 1. The largest absolute Gasteiger partial charge is 0.492 e. The standard InChI is InChI=1S/C19H29NO/c1-6-21-16-11-13(2)7-8-15(16)20-17-12-14-9-10-19(17,5)18(14,3)4/h7-8,11,14,17,20H,6,9-10,12H2,1-5H3. The number of benzene rings is 1. The first kappa shape index (κ1) is 14.7. The van der Waals surface area contributed by atoms with E-state index in [1.165, 1.54) is 24.8 Å². The van der Waals surface area contributed by atoms with E-state index in [0.717, 1.165) is 17.4 Å². The van der Waals surface area contributed by atoms with Crippen molar-refractivity contribution in [1.82, 2.24) is 0 Å². The zero-order valence-corrected chi connectivity index (χ0v) is 14.1. The molecule has 3 unspecified atom stereocenters. The van der Waals surface area contributed by atoms with Gasteiger partial charge in [0, 0.05) is 6.04 Å². The summed E-state index contributed by atoms with van der Waals surface area (Å²) < 4.78 is 5.83. The molecule has 0 spiro atoms. The monoisotopic (exact) mass is 287 g/mol. The zero-order valence-electron chi connectivity index (χ0n) is 14.1. The highest BCUT2D eigenvalue weighted by molar-refractivity contribution is 5.59. The van der Waals surface area contributed by atoms with Gasteiger partial charge in [-0.1, -0.05) is 26.8 Å². The molecule has 2 nitrogen and oxygen atoms in total. The molecule has 2 aliphatic rings. The Kier molecular flexibility index (Phi) is 3.46. The summed E-state index contributed by atoms with van der Waals surface area (Å²) in [7, 11) is 0. The maximum Gasteiger partial charge on any atom is 0.142 e. The minimum atomic E-state index is 0.395. The average Bonchev–Trinajstić information content (AvgIpc) is 2.75. The summed E-state index contributed by atoms with van der Waals surface area (Å²) in [6.07, 6.45) is 4.04. The van der Waals surface area contributed by atoms with Gasteiger partial charge < -0.3 is 10.1 Å². The Morgan fingerprint density at radius 3 is 2.62 bits per heavy atom. The Balaban J connectivity index is 1.85. The fraction of sp³-hybridized carbons (Fsp3) is 0.684. The third-order valence-corrected chi connectivity index (χ3v) is 6.56. The molecule has 2 fully saturated rings. The first-order valence-corrected chi connectivity index (χ1v) is 8.38. The SMILES string of the molecule is CCOc1cc(C)ccc1NC1CC2CCC1(C)C2(C)C. The average molecular weight is 287 g/mol. The molecule has 2 bridgehead atoms. The van der Waals surface area contributed by atoms with Crippen LogP contribution in [0.5, 0.6) is 5.75 Å². The molecule has 0 heterocycles. The van der Waals surface area contributed by atoms with Gasteiger partial charge in [0.25, 0.3) is 0 Å². The molecule has 1 aromatic carbocycles. The minimum Gasteiger partial charge on any atom is -0.492 e. The van der Waals surface area contributed by atoms with Gasteiger partial charge in [0.05, 0.1) is 12.3 Å². The van der Waals surface area contributed by atoms with Gasteiger partial charge >= 0.3 is 0 Å². The third-order valence-electron chi connectivity index (χ3n) is 6.56. The highest BCUT2D eigenvalue weighted by atomic mass is 16.5. The highest BCUT2D eigenvalue weighted by Crippen LogP contribution is 2.66. The van der Waals surface area contributed by atoms with Gasteiger partial charge in [-0.15, -0.1) is 0 Å². The molecule has 116 valence electrons. The number of hydrogen-bond donors (Lipinski definition) is 1. The van der Waals surface area contributed by atoms with E-state index >= 15 is 0 Å². The first-order valence-electron chi connectivity index (χ1n) is 8.38. The van der Waals surface area contributed by atoms with Crippen LogP contribution in [0.1, 0.15) is 52.5 Å². The zero-order chi connectivity index (χ0) is 15.3. The summed E-state index contributed by atoms with van der Waals surface area (Å²) in [5.41, 5.74) is 3.26. The third kappa shape index (κ3) is 2.15. The molecule has 2 heteroatoms. The second-order valence-corrected chi connectivity index (χ2v) is 7.74. The van der Waals surface area contributed by atoms with E-state index in [9.17, 15) is 0 Å². The molecule has 2 aliphatic carbocycles. The molecule has 0 saturated heterocycles. The van der Waals surface area contributed by atoms with E-state index in [-0.39, 0.29) is 0 Å². The molecule has 0 radical (unpaired) electrons. The van der Waals surface area contributed by atoms with Gasteiger partial charge in [0.1, 0.15) is 5.75 Å². The fourth-order valence-electron chi connectivity index (χ4n) is 4.63. The lowest BCUT2D eigenvalue weighted by molar-refractivity contribution is 0.142. The van der Waals surface area contributed by atoms with Crippen LogP contribution in [-0.4, -0.2) is 12.6 Å². The van der Waals surface area contributed by atoms with Crippen molar-refractivity contribution in [3.63, 3.8) is 0 Å². The van der Waals surface area contributed by atoms with Crippen LogP contribution < -0.4 is 10.1 Å². The van der Waals surface area contributed by atoms with Gasteiger partial charge in [-0.05, 0) is 67.6 Å². The molecule has 21 heavy (non-hydrogen) atoms. The number of hydrogen-bond acceptors (Lipinski definition) is 2. The van der Waals surface area contributed by atoms with Crippen molar-refractivity contribution in [3.8, 4) is 5.75 Å². The Bertz CT molecular complexity index is 536. The Hall–Kier alpha value is -1.18. The van der Waals surface area contributed by atoms with Gasteiger partial charge in [0.2, 0.25) is 0 Å². The number of rotatable bonds is 4. The van der Waals surface area contributed by atoms with Crippen LogP contribution in [-0.2, 0) is 0 Å². The summed E-state index contributed by atoms with van der Waals surface area (Å²) >= 11 is 0. The number of fused-ring (bicyclic) bond motifs is 2. The normalized spacial score (nSPS) is 33.2. The smallest absolute Gasteiger partial charge is 0.142 e.